The smallest absolute Gasteiger partial charge is 0.269 e. The standard InChI is InChI=1S/C24H31N3O4S/c1-5-18(3)25-24(29)19(4)26(14-21-9-7-6-8-17(21)2)23(28)16-32-15-20-10-12-22(13-11-20)27(30)31/h6-13,18-19H,5,14-16H2,1-4H3,(H,25,29)/t18-,19-/m0/s1. The minimum atomic E-state index is -0.601. The molecule has 0 saturated carbocycles. The highest BCUT2D eigenvalue weighted by molar-refractivity contribution is 7.99. The van der Waals surface area contributed by atoms with Crippen LogP contribution in [0.1, 0.15) is 43.9 Å². The highest BCUT2D eigenvalue weighted by Crippen LogP contribution is 2.19. The number of nitro benzene ring substituents is 1. The summed E-state index contributed by atoms with van der Waals surface area (Å²) in [6.45, 7) is 8.05. The normalized spacial score (nSPS) is 12.6. The van der Waals surface area contributed by atoms with Crippen molar-refractivity contribution in [3.05, 3.63) is 75.3 Å². The summed E-state index contributed by atoms with van der Waals surface area (Å²) >= 11 is 1.43. The maximum absolute atomic E-state index is 13.1. The molecule has 0 radical (unpaired) electrons. The number of carbonyl (C=O) groups excluding carboxylic acids is 2. The van der Waals surface area contributed by atoms with Crippen LogP contribution in [0.4, 0.5) is 5.69 Å². The number of rotatable bonds is 11. The number of thioether (sulfide) groups is 1. The fourth-order valence-corrected chi connectivity index (χ4v) is 3.94. The molecular formula is C24H31N3O4S. The monoisotopic (exact) mass is 457 g/mol. The quantitative estimate of drug-likeness (QED) is 0.397. The molecule has 0 fully saturated rings. The summed E-state index contributed by atoms with van der Waals surface area (Å²) in [5, 5.41) is 13.8. The topological polar surface area (TPSA) is 92.6 Å². The van der Waals surface area contributed by atoms with Gasteiger partial charge in [0.15, 0.2) is 0 Å². The second-order valence-electron chi connectivity index (χ2n) is 7.86. The highest BCUT2D eigenvalue weighted by Gasteiger charge is 2.27. The lowest BCUT2D eigenvalue weighted by Crippen LogP contribution is -2.50. The molecule has 7 nitrogen and oxygen atoms in total. The van der Waals surface area contributed by atoms with Gasteiger partial charge < -0.3 is 10.2 Å². The van der Waals surface area contributed by atoms with Gasteiger partial charge in [0, 0.05) is 30.5 Å². The van der Waals surface area contributed by atoms with Gasteiger partial charge in [-0.3, -0.25) is 19.7 Å². The Morgan fingerprint density at radius 2 is 1.78 bits per heavy atom. The summed E-state index contributed by atoms with van der Waals surface area (Å²) in [5.74, 6) is 0.479. The van der Waals surface area contributed by atoms with Crippen LogP contribution in [-0.4, -0.2) is 39.5 Å². The SMILES string of the molecule is CC[C@H](C)NC(=O)[C@H](C)N(Cc1ccccc1C)C(=O)CSCc1ccc([N+](=O)[O-])cc1. The second kappa shape index (κ2) is 12.2. The summed E-state index contributed by atoms with van der Waals surface area (Å²) in [5.41, 5.74) is 3.02. The summed E-state index contributed by atoms with van der Waals surface area (Å²) in [6.07, 6.45) is 0.815. The van der Waals surface area contributed by atoms with Gasteiger partial charge in [0.25, 0.3) is 5.69 Å². The molecule has 32 heavy (non-hydrogen) atoms. The molecule has 172 valence electrons. The lowest BCUT2D eigenvalue weighted by atomic mass is 10.1. The van der Waals surface area contributed by atoms with E-state index in [4.69, 9.17) is 0 Å². The van der Waals surface area contributed by atoms with Crippen LogP contribution in [0.25, 0.3) is 0 Å². The van der Waals surface area contributed by atoms with Gasteiger partial charge >= 0.3 is 0 Å². The van der Waals surface area contributed by atoms with Crippen LogP contribution in [-0.2, 0) is 21.9 Å². The number of benzene rings is 2. The number of nitrogens with zero attached hydrogens (tertiary/aromatic N) is 2. The molecule has 0 aromatic heterocycles. The Morgan fingerprint density at radius 1 is 1.12 bits per heavy atom. The van der Waals surface area contributed by atoms with Crippen molar-refractivity contribution >= 4 is 29.3 Å². The summed E-state index contributed by atoms with van der Waals surface area (Å²) in [4.78, 5) is 37.9. The average molecular weight is 458 g/mol. The third-order valence-corrected chi connectivity index (χ3v) is 6.40. The van der Waals surface area contributed by atoms with Crippen molar-refractivity contribution < 1.29 is 14.5 Å². The van der Waals surface area contributed by atoms with E-state index in [1.807, 2.05) is 45.0 Å². The first-order valence-electron chi connectivity index (χ1n) is 10.7. The molecule has 0 aliphatic rings. The predicted molar refractivity (Wildman–Crippen MR) is 128 cm³/mol. The Hall–Kier alpha value is -2.87. The van der Waals surface area contributed by atoms with Gasteiger partial charge in [0.05, 0.1) is 10.7 Å². The number of amides is 2. The van der Waals surface area contributed by atoms with E-state index in [9.17, 15) is 19.7 Å². The summed E-state index contributed by atoms with van der Waals surface area (Å²) in [7, 11) is 0. The number of hydrogen-bond acceptors (Lipinski definition) is 5. The molecule has 0 heterocycles. The first kappa shape index (κ1) is 25.4. The number of nitro groups is 1. The molecule has 0 spiro atoms. The fraction of sp³-hybridized carbons (Fsp3) is 0.417. The van der Waals surface area contributed by atoms with E-state index >= 15 is 0 Å². The maximum Gasteiger partial charge on any atom is 0.269 e. The van der Waals surface area contributed by atoms with E-state index in [1.165, 1.54) is 23.9 Å². The molecule has 0 aliphatic heterocycles. The first-order chi connectivity index (χ1) is 15.2. The number of nitrogens with one attached hydrogen (secondary N) is 1. The third kappa shape index (κ3) is 7.37. The van der Waals surface area contributed by atoms with Crippen molar-refractivity contribution in [3.63, 3.8) is 0 Å². The molecule has 8 heteroatoms. The van der Waals surface area contributed by atoms with Crippen molar-refractivity contribution in [3.8, 4) is 0 Å². The third-order valence-electron chi connectivity index (χ3n) is 5.41. The van der Waals surface area contributed by atoms with Crippen molar-refractivity contribution in [2.45, 2.75) is 58.5 Å². The molecule has 2 aromatic rings. The number of carbonyl (C=O) groups is 2. The van der Waals surface area contributed by atoms with Crippen LogP contribution < -0.4 is 5.32 Å². The van der Waals surface area contributed by atoms with Crippen LogP contribution in [0, 0.1) is 17.0 Å². The Labute approximate surface area is 193 Å². The molecule has 0 aliphatic carbocycles. The van der Waals surface area contributed by atoms with Crippen LogP contribution >= 0.6 is 11.8 Å². The highest BCUT2D eigenvalue weighted by atomic mass is 32.2. The van der Waals surface area contributed by atoms with Crippen molar-refractivity contribution in [1.82, 2.24) is 10.2 Å². The largest absolute Gasteiger partial charge is 0.352 e. The summed E-state index contributed by atoms with van der Waals surface area (Å²) < 4.78 is 0. The van der Waals surface area contributed by atoms with E-state index in [1.54, 1.807) is 24.0 Å². The molecule has 0 unspecified atom stereocenters. The van der Waals surface area contributed by atoms with Gasteiger partial charge in [-0.2, -0.15) is 0 Å². The van der Waals surface area contributed by atoms with Crippen LogP contribution in [0.15, 0.2) is 48.5 Å². The zero-order valence-corrected chi connectivity index (χ0v) is 19.9. The van der Waals surface area contributed by atoms with Gasteiger partial charge in [-0.1, -0.05) is 43.3 Å². The van der Waals surface area contributed by atoms with Gasteiger partial charge in [-0.15, -0.1) is 11.8 Å². The van der Waals surface area contributed by atoms with Gasteiger partial charge in [0.1, 0.15) is 6.04 Å². The van der Waals surface area contributed by atoms with Crippen molar-refractivity contribution in [1.29, 1.82) is 0 Å². The van der Waals surface area contributed by atoms with E-state index in [-0.39, 0.29) is 29.3 Å². The zero-order valence-electron chi connectivity index (χ0n) is 19.0. The maximum atomic E-state index is 13.1. The molecule has 2 rings (SSSR count). The summed E-state index contributed by atoms with van der Waals surface area (Å²) in [6, 6.07) is 13.6. The zero-order chi connectivity index (χ0) is 23.7. The van der Waals surface area contributed by atoms with E-state index in [0.717, 1.165) is 23.1 Å². The Kier molecular flexibility index (Phi) is 9.71. The Bertz CT molecular complexity index is 933. The number of non-ortho nitro benzene ring substituents is 1. The van der Waals surface area contributed by atoms with E-state index in [2.05, 4.69) is 5.32 Å². The molecule has 2 atom stereocenters. The number of hydrogen-bond donors (Lipinski definition) is 1. The molecule has 2 aromatic carbocycles. The molecule has 1 N–H and O–H groups in total. The van der Waals surface area contributed by atoms with Crippen molar-refractivity contribution in [2.75, 3.05) is 5.75 Å². The van der Waals surface area contributed by atoms with Gasteiger partial charge in [-0.05, 0) is 43.9 Å². The Morgan fingerprint density at radius 3 is 2.38 bits per heavy atom. The molecule has 0 bridgehead atoms. The van der Waals surface area contributed by atoms with Crippen LogP contribution in [0.3, 0.4) is 0 Å². The van der Waals surface area contributed by atoms with E-state index < -0.39 is 11.0 Å². The average Bonchev–Trinajstić information content (AvgIpc) is 2.78. The number of aryl methyl sites for hydroxylation is 1. The minimum absolute atomic E-state index is 0.0388. The van der Waals surface area contributed by atoms with Gasteiger partial charge in [-0.25, -0.2) is 0 Å². The van der Waals surface area contributed by atoms with E-state index in [0.29, 0.717) is 12.3 Å². The first-order valence-corrected chi connectivity index (χ1v) is 11.8. The molecular weight excluding hydrogens is 426 g/mol. The lowest BCUT2D eigenvalue weighted by Gasteiger charge is -2.30. The van der Waals surface area contributed by atoms with Gasteiger partial charge in [0.2, 0.25) is 11.8 Å². The molecule has 2 amide bonds. The molecule has 0 saturated heterocycles. The van der Waals surface area contributed by atoms with Crippen LogP contribution in [0.2, 0.25) is 0 Å². The minimum Gasteiger partial charge on any atom is -0.352 e. The fourth-order valence-electron chi connectivity index (χ4n) is 3.07. The Balaban J connectivity index is 2.07. The predicted octanol–water partition coefficient (Wildman–Crippen LogP) is 4.47. The second-order valence-corrected chi connectivity index (χ2v) is 8.84. The lowest BCUT2D eigenvalue weighted by molar-refractivity contribution is -0.384. The van der Waals surface area contributed by atoms with Crippen molar-refractivity contribution in [2.24, 2.45) is 0 Å². The van der Waals surface area contributed by atoms with Crippen LogP contribution in [0.5, 0.6) is 0 Å².